The van der Waals surface area contributed by atoms with Crippen LogP contribution in [0.5, 0.6) is 0 Å². The largest absolute Gasteiger partial charge is 0.396 e. The van der Waals surface area contributed by atoms with E-state index in [4.69, 9.17) is 9.84 Å². The molecule has 1 aromatic heterocycles. The molecule has 0 aliphatic heterocycles. The molecule has 1 aromatic rings. The molecule has 0 spiro atoms. The summed E-state index contributed by atoms with van der Waals surface area (Å²) in [5.41, 5.74) is 0. The van der Waals surface area contributed by atoms with E-state index in [9.17, 15) is 0 Å². The quantitative estimate of drug-likeness (QED) is 0.614. The summed E-state index contributed by atoms with van der Waals surface area (Å²) in [7, 11) is 1.63. The number of aliphatic hydroxyl groups excluding tert-OH is 1. The highest BCUT2D eigenvalue weighted by molar-refractivity contribution is 5.48. The van der Waals surface area contributed by atoms with E-state index in [1.807, 2.05) is 6.07 Å². The lowest BCUT2D eigenvalue weighted by molar-refractivity contribution is 0.178. The molecule has 6 nitrogen and oxygen atoms in total. The highest BCUT2D eigenvalue weighted by Gasteiger charge is 2.14. The van der Waals surface area contributed by atoms with Crippen LogP contribution in [-0.4, -0.2) is 41.4 Å². The summed E-state index contributed by atoms with van der Waals surface area (Å²) in [6.45, 7) is 7.77. The first-order valence-corrected chi connectivity index (χ1v) is 7.58. The lowest BCUT2D eigenvalue weighted by atomic mass is 10.0. The van der Waals surface area contributed by atoms with Crippen molar-refractivity contribution in [3.8, 4) is 0 Å². The minimum atomic E-state index is 0.160. The van der Waals surface area contributed by atoms with Crippen molar-refractivity contribution in [1.82, 2.24) is 9.97 Å². The van der Waals surface area contributed by atoms with E-state index in [1.165, 1.54) is 0 Å². The van der Waals surface area contributed by atoms with Gasteiger partial charge in [-0.05, 0) is 18.8 Å². The summed E-state index contributed by atoms with van der Waals surface area (Å²) in [6.07, 6.45) is 1.73. The summed E-state index contributed by atoms with van der Waals surface area (Å²) in [6, 6.07) is 2.08. The fraction of sp³-hybridized carbons (Fsp3) is 0.733. The number of rotatable bonds is 10. The maximum Gasteiger partial charge on any atom is 0.158 e. The van der Waals surface area contributed by atoms with E-state index in [1.54, 1.807) is 7.11 Å². The molecule has 0 radical (unpaired) electrons. The zero-order valence-corrected chi connectivity index (χ0v) is 13.5. The van der Waals surface area contributed by atoms with Crippen molar-refractivity contribution in [2.75, 3.05) is 30.9 Å². The molecular weight excluding hydrogens is 268 g/mol. The van der Waals surface area contributed by atoms with Crippen LogP contribution in [-0.2, 0) is 11.3 Å². The molecule has 1 unspecified atom stereocenters. The summed E-state index contributed by atoms with van der Waals surface area (Å²) in [5.74, 6) is 2.62. The zero-order chi connectivity index (χ0) is 15.7. The first-order valence-electron chi connectivity index (χ1n) is 7.58. The van der Waals surface area contributed by atoms with Gasteiger partial charge in [-0.25, -0.2) is 9.97 Å². The van der Waals surface area contributed by atoms with Crippen LogP contribution in [0.25, 0.3) is 0 Å². The number of nitrogens with one attached hydrogen (secondary N) is 2. The van der Waals surface area contributed by atoms with Crippen molar-refractivity contribution < 1.29 is 9.84 Å². The van der Waals surface area contributed by atoms with E-state index in [2.05, 4.69) is 41.4 Å². The van der Waals surface area contributed by atoms with Crippen LogP contribution >= 0.6 is 0 Å². The lowest BCUT2D eigenvalue weighted by Gasteiger charge is -2.22. The van der Waals surface area contributed by atoms with Gasteiger partial charge in [0.2, 0.25) is 0 Å². The van der Waals surface area contributed by atoms with Crippen molar-refractivity contribution in [3.63, 3.8) is 0 Å². The van der Waals surface area contributed by atoms with Gasteiger partial charge in [0.25, 0.3) is 0 Å². The van der Waals surface area contributed by atoms with Crippen molar-refractivity contribution >= 4 is 11.6 Å². The Morgan fingerprint density at radius 1 is 1.29 bits per heavy atom. The molecule has 1 rings (SSSR count). The number of ether oxygens (including phenoxy) is 1. The number of aliphatic hydroxyl groups is 1. The van der Waals surface area contributed by atoms with Crippen LogP contribution in [0.2, 0.25) is 0 Å². The Bertz CT molecular complexity index is 413. The number of hydrogen-bond donors (Lipinski definition) is 3. The summed E-state index contributed by atoms with van der Waals surface area (Å²) < 4.78 is 5.12. The third-order valence-corrected chi connectivity index (χ3v) is 3.18. The molecule has 0 amide bonds. The van der Waals surface area contributed by atoms with Gasteiger partial charge in [-0.1, -0.05) is 20.8 Å². The van der Waals surface area contributed by atoms with Gasteiger partial charge in [0, 0.05) is 32.4 Å². The lowest BCUT2D eigenvalue weighted by Crippen LogP contribution is -2.27. The second kappa shape index (κ2) is 9.52. The summed E-state index contributed by atoms with van der Waals surface area (Å²) >= 11 is 0. The molecule has 21 heavy (non-hydrogen) atoms. The van der Waals surface area contributed by atoms with Crippen LogP contribution in [0, 0.1) is 5.92 Å². The zero-order valence-electron chi connectivity index (χ0n) is 13.5. The molecule has 120 valence electrons. The van der Waals surface area contributed by atoms with Gasteiger partial charge in [-0.15, -0.1) is 0 Å². The van der Waals surface area contributed by atoms with Gasteiger partial charge >= 0.3 is 0 Å². The molecule has 0 aliphatic carbocycles. The Balaban J connectivity index is 2.89. The van der Waals surface area contributed by atoms with Crippen molar-refractivity contribution in [1.29, 1.82) is 0 Å². The first kappa shape index (κ1) is 17.7. The van der Waals surface area contributed by atoms with Gasteiger partial charge in [0.1, 0.15) is 18.2 Å². The maximum absolute atomic E-state index is 9.17. The SMILES string of the molecule is CCCNc1cc(NC(CCO)C(C)C)nc(COC)n1. The fourth-order valence-corrected chi connectivity index (χ4v) is 2.01. The Hall–Kier alpha value is -1.40. The Labute approximate surface area is 127 Å². The Morgan fingerprint density at radius 2 is 2.00 bits per heavy atom. The van der Waals surface area contributed by atoms with E-state index < -0.39 is 0 Å². The van der Waals surface area contributed by atoms with E-state index in [0.717, 1.165) is 24.6 Å². The summed E-state index contributed by atoms with van der Waals surface area (Å²) in [4.78, 5) is 8.89. The minimum Gasteiger partial charge on any atom is -0.396 e. The monoisotopic (exact) mass is 296 g/mol. The van der Waals surface area contributed by atoms with Gasteiger partial charge in [0.15, 0.2) is 5.82 Å². The van der Waals surface area contributed by atoms with Crippen LogP contribution in [0.15, 0.2) is 6.07 Å². The van der Waals surface area contributed by atoms with Crippen LogP contribution < -0.4 is 10.6 Å². The Morgan fingerprint density at radius 3 is 2.57 bits per heavy atom. The first-order chi connectivity index (χ1) is 10.1. The molecule has 0 aliphatic rings. The number of nitrogens with zero attached hydrogens (tertiary/aromatic N) is 2. The van der Waals surface area contributed by atoms with Crippen molar-refractivity contribution in [2.24, 2.45) is 5.92 Å². The maximum atomic E-state index is 9.17. The van der Waals surface area contributed by atoms with Gasteiger partial charge in [-0.3, -0.25) is 0 Å². The smallest absolute Gasteiger partial charge is 0.158 e. The molecule has 1 atom stereocenters. The second-order valence-corrected chi connectivity index (χ2v) is 5.42. The van der Waals surface area contributed by atoms with E-state index >= 15 is 0 Å². The van der Waals surface area contributed by atoms with Crippen LogP contribution in [0.3, 0.4) is 0 Å². The normalized spacial score (nSPS) is 12.5. The molecule has 0 saturated carbocycles. The average Bonchev–Trinajstić information content (AvgIpc) is 2.45. The minimum absolute atomic E-state index is 0.160. The molecule has 0 aromatic carbocycles. The molecule has 0 bridgehead atoms. The molecule has 3 N–H and O–H groups in total. The third-order valence-electron chi connectivity index (χ3n) is 3.18. The van der Waals surface area contributed by atoms with Crippen LogP contribution in [0.1, 0.15) is 39.4 Å². The molecule has 1 heterocycles. The topological polar surface area (TPSA) is 79.3 Å². The predicted molar refractivity (Wildman–Crippen MR) is 85.5 cm³/mol. The van der Waals surface area contributed by atoms with E-state index in [-0.39, 0.29) is 12.6 Å². The standard InChI is InChI=1S/C15H28N4O2/c1-5-7-16-13-9-14(19-15(18-13)10-21-4)17-12(6-8-20)11(2)3/h9,11-12,20H,5-8,10H2,1-4H3,(H2,16,17,18,19). The number of methoxy groups -OCH3 is 1. The highest BCUT2D eigenvalue weighted by atomic mass is 16.5. The molecular formula is C15H28N4O2. The average molecular weight is 296 g/mol. The van der Waals surface area contributed by atoms with Crippen molar-refractivity contribution in [3.05, 3.63) is 11.9 Å². The molecule has 0 fully saturated rings. The van der Waals surface area contributed by atoms with E-state index in [0.29, 0.717) is 24.8 Å². The third kappa shape index (κ3) is 6.27. The fourth-order valence-electron chi connectivity index (χ4n) is 2.01. The second-order valence-electron chi connectivity index (χ2n) is 5.42. The number of aromatic nitrogens is 2. The predicted octanol–water partition coefficient (Wildman–Crippen LogP) is 2.26. The van der Waals surface area contributed by atoms with Gasteiger partial charge < -0.3 is 20.5 Å². The van der Waals surface area contributed by atoms with Crippen LogP contribution in [0.4, 0.5) is 11.6 Å². The molecule has 0 saturated heterocycles. The molecule has 6 heteroatoms. The van der Waals surface area contributed by atoms with Gasteiger partial charge in [0.05, 0.1) is 0 Å². The number of anilines is 2. The Kier molecular flexibility index (Phi) is 8.00. The van der Waals surface area contributed by atoms with Gasteiger partial charge in [-0.2, -0.15) is 0 Å². The van der Waals surface area contributed by atoms with Crippen molar-refractivity contribution in [2.45, 2.75) is 46.3 Å². The highest BCUT2D eigenvalue weighted by Crippen LogP contribution is 2.17. The summed E-state index contributed by atoms with van der Waals surface area (Å²) in [5, 5.41) is 15.8. The number of hydrogen-bond acceptors (Lipinski definition) is 6.